The SMILES string of the molecule is C=Cc1cncc(C)c1N. The number of nitrogens with two attached hydrogens (primary N) is 1. The number of aromatic nitrogens is 1. The van der Waals surface area contributed by atoms with Gasteiger partial charge in [-0.05, 0) is 12.5 Å². The molecule has 0 saturated heterocycles. The predicted molar refractivity (Wildman–Crippen MR) is 43.5 cm³/mol. The van der Waals surface area contributed by atoms with Crippen LogP contribution in [0.15, 0.2) is 19.0 Å². The first kappa shape index (κ1) is 6.81. The third-order valence-corrected chi connectivity index (χ3v) is 1.44. The van der Waals surface area contributed by atoms with Crippen molar-refractivity contribution in [3.8, 4) is 0 Å². The summed E-state index contributed by atoms with van der Waals surface area (Å²) in [6, 6.07) is 0. The second-order valence-corrected chi connectivity index (χ2v) is 2.16. The van der Waals surface area contributed by atoms with Crippen LogP contribution < -0.4 is 5.73 Å². The molecule has 0 bridgehead atoms. The molecule has 0 fully saturated rings. The van der Waals surface area contributed by atoms with Gasteiger partial charge in [-0.2, -0.15) is 0 Å². The Morgan fingerprint density at radius 2 is 2.30 bits per heavy atom. The average molecular weight is 134 g/mol. The predicted octanol–water partition coefficient (Wildman–Crippen LogP) is 1.62. The molecular weight excluding hydrogens is 124 g/mol. The second kappa shape index (κ2) is 2.52. The van der Waals surface area contributed by atoms with Crippen LogP contribution in [0.25, 0.3) is 6.08 Å². The van der Waals surface area contributed by atoms with E-state index in [9.17, 15) is 0 Å². The van der Waals surface area contributed by atoms with E-state index in [0.717, 1.165) is 16.8 Å². The van der Waals surface area contributed by atoms with Gasteiger partial charge < -0.3 is 5.73 Å². The molecule has 2 nitrogen and oxygen atoms in total. The molecule has 0 aliphatic rings. The topological polar surface area (TPSA) is 38.9 Å². The lowest BCUT2D eigenvalue weighted by atomic mass is 10.2. The lowest BCUT2D eigenvalue weighted by Gasteiger charge is -2.00. The maximum atomic E-state index is 5.68. The van der Waals surface area contributed by atoms with Crippen molar-refractivity contribution in [3.05, 3.63) is 30.1 Å². The van der Waals surface area contributed by atoms with E-state index in [1.54, 1.807) is 18.5 Å². The zero-order chi connectivity index (χ0) is 7.56. The van der Waals surface area contributed by atoms with Crippen molar-refractivity contribution in [1.29, 1.82) is 0 Å². The molecule has 1 rings (SSSR count). The van der Waals surface area contributed by atoms with Gasteiger partial charge in [0.1, 0.15) is 0 Å². The quantitative estimate of drug-likeness (QED) is 0.633. The van der Waals surface area contributed by atoms with Crippen LogP contribution in [-0.4, -0.2) is 4.98 Å². The zero-order valence-corrected chi connectivity index (χ0v) is 5.96. The van der Waals surface area contributed by atoms with Crippen molar-refractivity contribution in [2.24, 2.45) is 0 Å². The molecule has 0 unspecified atom stereocenters. The Kier molecular flexibility index (Phi) is 1.71. The highest BCUT2D eigenvalue weighted by atomic mass is 14.7. The van der Waals surface area contributed by atoms with E-state index in [1.807, 2.05) is 6.92 Å². The third kappa shape index (κ3) is 1.00. The van der Waals surface area contributed by atoms with Gasteiger partial charge in [0, 0.05) is 23.6 Å². The van der Waals surface area contributed by atoms with E-state index >= 15 is 0 Å². The van der Waals surface area contributed by atoms with E-state index in [4.69, 9.17) is 5.73 Å². The number of hydrogen-bond acceptors (Lipinski definition) is 2. The lowest BCUT2D eigenvalue weighted by molar-refractivity contribution is 1.26. The maximum absolute atomic E-state index is 5.68. The van der Waals surface area contributed by atoms with Gasteiger partial charge in [-0.1, -0.05) is 12.7 Å². The van der Waals surface area contributed by atoms with Gasteiger partial charge >= 0.3 is 0 Å². The molecule has 0 aromatic carbocycles. The summed E-state index contributed by atoms with van der Waals surface area (Å²) in [6.07, 6.45) is 5.15. The summed E-state index contributed by atoms with van der Waals surface area (Å²) in [7, 11) is 0. The summed E-state index contributed by atoms with van der Waals surface area (Å²) in [5, 5.41) is 0. The molecule has 1 heterocycles. The van der Waals surface area contributed by atoms with Crippen LogP contribution in [0, 0.1) is 6.92 Å². The normalized spacial score (nSPS) is 9.30. The van der Waals surface area contributed by atoms with Crippen molar-refractivity contribution in [2.45, 2.75) is 6.92 Å². The van der Waals surface area contributed by atoms with Gasteiger partial charge in [-0.25, -0.2) is 0 Å². The van der Waals surface area contributed by atoms with E-state index in [2.05, 4.69) is 11.6 Å². The zero-order valence-electron chi connectivity index (χ0n) is 5.96. The number of rotatable bonds is 1. The Hall–Kier alpha value is -1.31. The summed E-state index contributed by atoms with van der Waals surface area (Å²) in [4.78, 5) is 3.96. The fraction of sp³-hybridized carbons (Fsp3) is 0.125. The molecule has 1 aromatic rings. The largest absolute Gasteiger partial charge is 0.398 e. The molecule has 1 aromatic heterocycles. The van der Waals surface area contributed by atoms with Crippen LogP contribution in [0.4, 0.5) is 5.69 Å². The van der Waals surface area contributed by atoms with Crippen LogP contribution in [0.5, 0.6) is 0 Å². The molecule has 0 radical (unpaired) electrons. The Morgan fingerprint density at radius 1 is 1.60 bits per heavy atom. The summed E-state index contributed by atoms with van der Waals surface area (Å²) in [5.41, 5.74) is 8.35. The molecule has 52 valence electrons. The Balaban J connectivity index is 3.27. The molecule has 0 saturated carbocycles. The van der Waals surface area contributed by atoms with Crippen LogP contribution in [-0.2, 0) is 0 Å². The average Bonchev–Trinajstić information content (AvgIpc) is 1.95. The van der Waals surface area contributed by atoms with Crippen molar-refractivity contribution >= 4 is 11.8 Å². The molecule has 0 amide bonds. The van der Waals surface area contributed by atoms with Crippen molar-refractivity contribution in [3.63, 3.8) is 0 Å². The molecule has 0 aliphatic heterocycles. The van der Waals surface area contributed by atoms with Crippen LogP contribution in [0.3, 0.4) is 0 Å². The molecule has 0 spiro atoms. The lowest BCUT2D eigenvalue weighted by Crippen LogP contribution is -1.93. The monoisotopic (exact) mass is 134 g/mol. The van der Waals surface area contributed by atoms with Gasteiger partial charge in [0.2, 0.25) is 0 Å². The third-order valence-electron chi connectivity index (χ3n) is 1.44. The van der Waals surface area contributed by atoms with E-state index in [1.165, 1.54) is 0 Å². The van der Waals surface area contributed by atoms with E-state index in [0.29, 0.717) is 0 Å². The van der Waals surface area contributed by atoms with E-state index < -0.39 is 0 Å². The fourth-order valence-corrected chi connectivity index (χ4v) is 0.759. The van der Waals surface area contributed by atoms with Crippen molar-refractivity contribution in [2.75, 3.05) is 5.73 Å². The summed E-state index contributed by atoms with van der Waals surface area (Å²) < 4.78 is 0. The first-order chi connectivity index (χ1) is 4.75. The number of pyridine rings is 1. The highest BCUT2D eigenvalue weighted by Crippen LogP contribution is 2.14. The number of anilines is 1. The minimum Gasteiger partial charge on any atom is -0.398 e. The van der Waals surface area contributed by atoms with Gasteiger partial charge in [0.25, 0.3) is 0 Å². The van der Waals surface area contributed by atoms with Gasteiger partial charge in [-0.3, -0.25) is 4.98 Å². The van der Waals surface area contributed by atoms with Crippen LogP contribution in [0.1, 0.15) is 11.1 Å². The molecule has 10 heavy (non-hydrogen) atoms. The molecule has 2 heteroatoms. The van der Waals surface area contributed by atoms with Crippen LogP contribution in [0.2, 0.25) is 0 Å². The molecule has 0 aliphatic carbocycles. The van der Waals surface area contributed by atoms with Crippen molar-refractivity contribution in [1.82, 2.24) is 4.98 Å². The number of aryl methyl sites for hydroxylation is 1. The van der Waals surface area contributed by atoms with Gasteiger partial charge in [0.05, 0.1) is 0 Å². The second-order valence-electron chi connectivity index (χ2n) is 2.16. The smallest absolute Gasteiger partial charge is 0.0448 e. The first-order valence-electron chi connectivity index (χ1n) is 3.08. The number of nitrogens with zero attached hydrogens (tertiary/aromatic N) is 1. The summed E-state index contributed by atoms with van der Waals surface area (Å²) in [5.74, 6) is 0. The van der Waals surface area contributed by atoms with E-state index in [-0.39, 0.29) is 0 Å². The summed E-state index contributed by atoms with van der Waals surface area (Å²) >= 11 is 0. The Labute approximate surface area is 60.4 Å². The Morgan fingerprint density at radius 3 is 2.80 bits per heavy atom. The summed E-state index contributed by atoms with van der Waals surface area (Å²) in [6.45, 7) is 5.54. The van der Waals surface area contributed by atoms with Gasteiger partial charge in [-0.15, -0.1) is 0 Å². The first-order valence-corrected chi connectivity index (χ1v) is 3.08. The fourth-order valence-electron chi connectivity index (χ4n) is 0.759. The molecule has 0 atom stereocenters. The molecular formula is C8H10N2. The number of nitrogen functional groups attached to an aromatic ring is 1. The minimum absolute atomic E-state index is 0.769. The van der Waals surface area contributed by atoms with Gasteiger partial charge in [0.15, 0.2) is 0 Å². The molecule has 2 N–H and O–H groups in total. The maximum Gasteiger partial charge on any atom is 0.0448 e. The van der Waals surface area contributed by atoms with Crippen LogP contribution >= 0.6 is 0 Å². The number of hydrogen-bond donors (Lipinski definition) is 1. The highest BCUT2D eigenvalue weighted by molar-refractivity contribution is 5.64. The standard InChI is InChI=1S/C8H10N2/c1-3-7-5-10-4-6(2)8(7)9/h3-5H,1H2,2H3,(H2,9,10). The Bertz CT molecular complexity index is 253. The van der Waals surface area contributed by atoms with Crippen molar-refractivity contribution < 1.29 is 0 Å². The minimum atomic E-state index is 0.769. The highest BCUT2D eigenvalue weighted by Gasteiger charge is 1.95.